The molecule has 1 aromatic carbocycles. The quantitative estimate of drug-likeness (QED) is 0.765. The standard InChI is InChI=1S/C16H16N4O3S/c1-9-4-5-12(23-3)11(8-9)18-15(22)19-13-10(2)17-16-20(14(13)21)6-7-24-16/h4-8H,1-3H3,(H2,18,19,22). The number of anilines is 2. The molecule has 0 spiro atoms. The van der Waals surface area contributed by atoms with Crippen molar-refractivity contribution in [2.24, 2.45) is 0 Å². The third-order valence-corrected chi connectivity index (χ3v) is 4.25. The maximum Gasteiger partial charge on any atom is 0.323 e. The van der Waals surface area contributed by atoms with E-state index in [9.17, 15) is 9.59 Å². The molecule has 2 N–H and O–H groups in total. The van der Waals surface area contributed by atoms with E-state index in [1.54, 1.807) is 30.6 Å². The average molecular weight is 344 g/mol. The Morgan fingerprint density at radius 1 is 1.29 bits per heavy atom. The zero-order chi connectivity index (χ0) is 17.3. The number of hydrogen-bond acceptors (Lipinski definition) is 5. The van der Waals surface area contributed by atoms with E-state index in [4.69, 9.17) is 4.74 Å². The number of fused-ring (bicyclic) bond motifs is 1. The van der Waals surface area contributed by atoms with Crippen LogP contribution in [0, 0.1) is 13.8 Å². The summed E-state index contributed by atoms with van der Waals surface area (Å²) in [6, 6.07) is 4.91. The molecule has 124 valence electrons. The molecule has 2 amide bonds. The van der Waals surface area contributed by atoms with Crippen LogP contribution in [-0.2, 0) is 0 Å². The molecule has 0 atom stereocenters. The number of nitrogens with one attached hydrogen (secondary N) is 2. The number of aryl methyl sites for hydroxylation is 2. The van der Waals surface area contributed by atoms with Gasteiger partial charge in [-0.1, -0.05) is 6.07 Å². The van der Waals surface area contributed by atoms with Crippen LogP contribution in [0.5, 0.6) is 5.75 Å². The highest BCUT2D eigenvalue weighted by Gasteiger charge is 2.14. The normalized spacial score (nSPS) is 10.6. The molecule has 24 heavy (non-hydrogen) atoms. The van der Waals surface area contributed by atoms with Crippen molar-refractivity contribution in [3.8, 4) is 5.75 Å². The Balaban J connectivity index is 1.88. The molecule has 2 heterocycles. The molecule has 8 heteroatoms. The van der Waals surface area contributed by atoms with E-state index in [0.29, 0.717) is 22.1 Å². The highest BCUT2D eigenvalue weighted by Crippen LogP contribution is 2.25. The lowest BCUT2D eigenvalue weighted by molar-refractivity contribution is 0.262. The number of carbonyl (C=O) groups is 1. The monoisotopic (exact) mass is 344 g/mol. The van der Waals surface area contributed by atoms with Gasteiger partial charge in [-0.2, -0.15) is 0 Å². The molecule has 0 aliphatic carbocycles. The van der Waals surface area contributed by atoms with Crippen LogP contribution < -0.4 is 20.9 Å². The molecule has 2 aromatic heterocycles. The van der Waals surface area contributed by atoms with Crippen LogP contribution in [0.3, 0.4) is 0 Å². The fraction of sp³-hybridized carbons (Fsp3) is 0.188. The van der Waals surface area contributed by atoms with Crippen LogP contribution in [0.25, 0.3) is 4.96 Å². The molecular weight excluding hydrogens is 328 g/mol. The third-order valence-electron chi connectivity index (χ3n) is 3.49. The minimum Gasteiger partial charge on any atom is -0.495 e. The van der Waals surface area contributed by atoms with Gasteiger partial charge in [0.15, 0.2) is 4.96 Å². The number of aromatic nitrogens is 2. The lowest BCUT2D eigenvalue weighted by Crippen LogP contribution is -2.27. The molecular formula is C16H16N4O3S. The number of ether oxygens (including phenoxy) is 1. The van der Waals surface area contributed by atoms with Gasteiger partial charge < -0.3 is 15.4 Å². The van der Waals surface area contributed by atoms with E-state index in [1.165, 1.54) is 22.8 Å². The summed E-state index contributed by atoms with van der Waals surface area (Å²) in [7, 11) is 1.53. The van der Waals surface area contributed by atoms with Crippen molar-refractivity contribution in [2.75, 3.05) is 17.7 Å². The number of thiazole rings is 1. The fourth-order valence-electron chi connectivity index (χ4n) is 2.31. The van der Waals surface area contributed by atoms with Crippen LogP contribution in [0.15, 0.2) is 34.6 Å². The summed E-state index contributed by atoms with van der Waals surface area (Å²) < 4.78 is 6.63. The van der Waals surface area contributed by atoms with Crippen LogP contribution in [0.2, 0.25) is 0 Å². The summed E-state index contributed by atoms with van der Waals surface area (Å²) in [5.74, 6) is 0.538. The second-order valence-corrected chi connectivity index (χ2v) is 6.09. The first-order chi connectivity index (χ1) is 11.5. The zero-order valence-electron chi connectivity index (χ0n) is 13.4. The second kappa shape index (κ2) is 6.32. The van der Waals surface area contributed by atoms with Crippen molar-refractivity contribution in [3.63, 3.8) is 0 Å². The highest BCUT2D eigenvalue weighted by atomic mass is 32.1. The second-order valence-electron chi connectivity index (χ2n) is 5.22. The van der Waals surface area contributed by atoms with E-state index in [-0.39, 0.29) is 11.2 Å². The first-order valence-electron chi connectivity index (χ1n) is 7.18. The first kappa shape index (κ1) is 16.0. The van der Waals surface area contributed by atoms with Crippen LogP contribution >= 0.6 is 11.3 Å². The number of hydrogen-bond donors (Lipinski definition) is 2. The van der Waals surface area contributed by atoms with Gasteiger partial charge in [-0.05, 0) is 31.5 Å². The van der Waals surface area contributed by atoms with Crippen LogP contribution in [-0.4, -0.2) is 22.5 Å². The number of benzene rings is 1. The molecule has 3 aromatic rings. The maximum absolute atomic E-state index is 12.4. The molecule has 0 aliphatic heterocycles. The Hall–Kier alpha value is -2.87. The lowest BCUT2D eigenvalue weighted by Gasteiger charge is -2.12. The molecule has 0 unspecified atom stereocenters. The summed E-state index contributed by atoms with van der Waals surface area (Å²) in [4.78, 5) is 29.6. The van der Waals surface area contributed by atoms with E-state index >= 15 is 0 Å². The van der Waals surface area contributed by atoms with Gasteiger partial charge in [0.25, 0.3) is 5.56 Å². The molecule has 0 fully saturated rings. The van der Waals surface area contributed by atoms with Crippen molar-refractivity contribution < 1.29 is 9.53 Å². The first-order valence-corrected chi connectivity index (χ1v) is 8.06. The summed E-state index contributed by atoms with van der Waals surface area (Å²) >= 11 is 1.36. The van der Waals surface area contributed by atoms with Gasteiger partial charge >= 0.3 is 6.03 Å². The van der Waals surface area contributed by atoms with Crippen LogP contribution in [0.4, 0.5) is 16.2 Å². The minimum atomic E-state index is -0.531. The lowest BCUT2D eigenvalue weighted by atomic mass is 10.2. The van der Waals surface area contributed by atoms with Gasteiger partial charge in [0.1, 0.15) is 11.4 Å². The van der Waals surface area contributed by atoms with Gasteiger partial charge in [-0.25, -0.2) is 9.78 Å². The number of amides is 2. The number of rotatable bonds is 3. The molecule has 3 rings (SSSR count). The van der Waals surface area contributed by atoms with E-state index in [2.05, 4.69) is 15.6 Å². The number of methoxy groups -OCH3 is 1. The van der Waals surface area contributed by atoms with E-state index in [1.807, 2.05) is 13.0 Å². The number of urea groups is 1. The number of carbonyl (C=O) groups excluding carboxylic acids is 1. The Morgan fingerprint density at radius 2 is 2.08 bits per heavy atom. The minimum absolute atomic E-state index is 0.148. The average Bonchev–Trinajstić information content (AvgIpc) is 3.00. The summed E-state index contributed by atoms with van der Waals surface area (Å²) in [5.41, 5.74) is 1.80. The Bertz CT molecular complexity index is 977. The van der Waals surface area contributed by atoms with Crippen molar-refractivity contribution in [3.05, 3.63) is 51.4 Å². The van der Waals surface area contributed by atoms with E-state index < -0.39 is 6.03 Å². The Kier molecular flexibility index (Phi) is 4.22. The van der Waals surface area contributed by atoms with Crippen LogP contribution in [0.1, 0.15) is 11.3 Å². The van der Waals surface area contributed by atoms with Crippen molar-refractivity contribution in [1.29, 1.82) is 0 Å². The molecule has 0 radical (unpaired) electrons. The predicted molar refractivity (Wildman–Crippen MR) is 94.4 cm³/mol. The van der Waals surface area contributed by atoms with Crippen molar-refractivity contribution in [2.45, 2.75) is 13.8 Å². The Morgan fingerprint density at radius 3 is 2.83 bits per heavy atom. The molecule has 0 bridgehead atoms. The summed E-state index contributed by atoms with van der Waals surface area (Å²) in [5, 5.41) is 7.05. The molecule has 0 saturated heterocycles. The SMILES string of the molecule is COc1ccc(C)cc1NC(=O)Nc1c(C)nc2sccn2c1=O. The van der Waals surface area contributed by atoms with Gasteiger partial charge in [0.05, 0.1) is 18.5 Å². The fourth-order valence-corrected chi connectivity index (χ4v) is 3.06. The molecule has 0 saturated carbocycles. The zero-order valence-corrected chi connectivity index (χ0v) is 14.2. The van der Waals surface area contributed by atoms with Gasteiger partial charge in [0.2, 0.25) is 0 Å². The van der Waals surface area contributed by atoms with Gasteiger partial charge in [-0.3, -0.25) is 9.20 Å². The van der Waals surface area contributed by atoms with Gasteiger partial charge in [-0.15, -0.1) is 11.3 Å². The highest BCUT2D eigenvalue weighted by molar-refractivity contribution is 7.15. The Labute approximate surface area is 141 Å². The number of nitrogens with zero attached hydrogens (tertiary/aromatic N) is 2. The molecule has 7 nitrogen and oxygen atoms in total. The topological polar surface area (TPSA) is 84.7 Å². The van der Waals surface area contributed by atoms with Gasteiger partial charge in [0, 0.05) is 11.6 Å². The third kappa shape index (κ3) is 2.95. The summed E-state index contributed by atoms with van der Waals surface area (Å²) in [6.45, 7) is 3.59. The van der Waals surface area contributed by atoms with E-state index in [0.717, 1.165) is 5.56 Å². The molecule has 0 aliphatic rings. The maximum atomic E-state index is 12.4. The summed E-state index contributed by atoms with van der Waals surface area (Å²) in [6.07, 6.45) is 1.63. The largest absolute Gasteiger partial charge is 0.495 e. The van der Waals surface area contributed by atoms with Crippen molar-refractivity contribution >= 4 is 33.7 Å². The smallest absolute Gasteiger partial charge is 0.323 e. The van der Waals surface area contributed by atoms with Crippen molar-refractivity contribution in [1.82, 2.24) is 9.38 Å². The predicted octanol–water partition coefficient (Wildman–Crippen LogP) is 3.03.